The molecule has 8 rings (SSSR count). The molecule has 2 aromatic carbocycles. The summed E-state index contributed by atoms with van der Waals surface area (Å²) in [6.45, 7) is 6.30. The smallest absolute Gasteiger partial charge is 0.343 e. The number of hydrogen-bond donors (Lipinski definition) is 8. The highest BCUT2D eigenvalue weighted by Gasteiger charge is 2.46. The average molecular weight is 1200 g/mol. The van der Waals surface area contributed by atoms with Gasteiger partial charge in [0.05, 0.1) is 61.1 Å². The maximum absolute atomic E-state index is 15.4. The first-order valence-corrected chi connectivity index (χ1v) is 28.9. The number of rotatable bonds is 26. The van der Waals surface area contributed by atoms with E-state index in [9.17, 15) is 62.6 Å². The number of fused-ring (bicyclic) bond motifs is 5. The van der Waals surface area contributed by atoms with E-state index in [1.54, 1.807) is 71.0 Å². The third-order valence-electron chi connectivity index (χ3n) is 15.5. The lowest BCUT2D eigenvalue weighted by Crippen LogP contribution is -2.53. The fraction of sp³-hybridized carbons (Fsp3) is 0.459. The molecule has 26 heteroatoms. The van der Waals surface area contributed by atoms with E-state index >= 15 is 4.39 Å². The van der Waals surface area contributed by atoms with E-state index in [-0.39, 0.29) is 75.4 Å². The van der Waals surface area contributed by atoms with E-state index in [2.05, 4.69) is 37.2 Å². The first-order valence-electron chi connectivity index (χ1n) is 28.9. The second-order valence-electron chi connectivity index (χ2n) is 22.8. The van der Waals surface area contributed by atoms with Gasteiger partial charge in [-0.3, -0.25) is 57.6 Å². The zero-order valence-electron chi connectivity index (χ0n) is 49.0. The molecule has 25 nitrogen and oxygen atoms in total. The molecule has 0 saturated heterocycles. The summed E-state index contributed by atoms with van der Waals surface area (Å²) >= 11 is 0. The number of aryl methyl sites for hydroxylation is 1. The molecule has 8 N–H and O–H groups in total. The molecule has 0 saturated carbocycles. The number of aliphatic hydroxyl groups is 1. The van der Waals surface area contributed by atoms with Crippen molar-refractivity contribution in [2.45, 2.75) is 148 Å². The number of halogens is 1. The number of carbonyl (C=O) groups is 11. The topological polar surface area (TPSA) is 349 Å². The Hall–Kier alpha value is -9.20. The predicted octanol–water partition coefficient (Wildman–Crippen LogP) is 1.31. The minimum absolute atomic E-state index is 0.00660. The molecule has 4 atom stereocenters. The Morgan fingerprint density at radius 3 is 2.14 bits per heavy atom. The fourth-order valence-corrected chi connectivity index (χ4v) is 11.0. The van der Waals surface area contributed by atoms with Crippen LogP contribution in [0.3, 0.4) is 0 Å². The SMILES string of the molecule is CC[C@@]1(O)C(=O)OCc2c1cc1n(c2=O)Cc2c-1nc1cc(F)c(C)c3c1c2[C@@H](NC(=O)CCCNC(=O)CNC(=O)C(Cc1ccccc1)NC(=O)CNC(=O)CNC(=O)[C@H](CC(=O)OC(C)(C)C)NC(=O)CCCCCN1C(=O)C=CC1=O)CC3. The van der Waals surface area contributed by atoms with Crippen LogP contribution in [0.5, 0.6) is 0 Å². The molecule has 1 aliphatic carbocycles. The number of hydrogen-bond acceptors (Lipinski definition) is 16. The predicted molar refractivity (Wildman–Crippen MR) is 308 cm³/mol. The first kappa shape index (κ1) is 63.8. The number of carbonyl (C=O) groups excluding carboxylic acids is 11. The summed E-state index contributed by atoms with van der Waals surface area (Å²) < 4.78 is 27.5. The Bertz CT molecular complexity index is 3520. The van der Waals surface area contributed by atoms with Gasteiger partial charge in [-0.25, -0.2) is 14.2 Å². The minimum Gasteiger partial charge on any atom is -0.460 e. The molecule has 2 aromatic heterocycles. The number of amides is 9. The number of esters is 2. The normalized spacial score (nSPS) is 17.0. The standard InChI is InChI=1S/C61H71FN10O15/c1-6-61(85)38-25-44-55-36(31-72(44)58(83)37(38)32-86-59(61)84)54-40(19-18-35-33(2)39(62)26-41(70-55)53(35)54)67-46(74)17-13-22-63-47(75)28-65-56(81)42(24-34-14-9-7-10-15-34)69-49(77)30-64-48(76)29-66-57(82)43(27-52(80)87-60(3,4)5)68-45(73)16-11-8-12-23-71-50(78)20-21-51(71)79/h7,9-10,14-15,20-21,25-26,40,42-43,85H,6,8,11-13,16-19,22-24,27-32H2,1-5H3,(H,63,75)(H,64,76)(H,65,81)(H,66,82)(H,67,74)(H,68,73)(H,69,77)/t40-,42?,43-,61-/m0/s1. The van der Waals surface area contributed by atoms with Crippen molar-refractivity contribution in [2.75, 3.05) is 32.7 Å². The molecule has 4 aliphatic rings. The summed E-state index contributed by atoms with van der Waals surface area (Å²) in [5.41, 5.74) is 1.02. The number of pyridine rings is 2. The van der Waals surface area contributed by atoms with E-state index in [1.807, 2.05) is 0 Å². The van der Waals surface area contributed by atoms with Crippen molar-refractivity contribution >= 4 is 76.0 Å². The number of nitrogens with one attached hydrogen (secondary N) is 7. The van der Waals surface area contributed by atoms with Gasteiger partial charge in [0, 0.05) is 67.1 Å². The van der Waals surface area contributed by atoms with E-state index in [0.29, 0.717) is 76.6 Å². The number of ether oxygens (including phenoxy) is 2. The molecule has 9 amide bonds. The lowest BCUT2D eigenvalue weighted by Gasteiger charge is -2.31. The maximum Gasteiger partial charge on any atom is 0.343 e. The Kier molecular flexibility index (Phi) is 20.1. The van der Waals surface area contributed by atoms with Crippen molar-refractivity contribution < 1.29 is 71.7 Å². The monoisotopic (exact) mass is 1200 g/mol. The van der Waals surface area contributed by atoms with Crippen molar-refractivity contribution in [1.82, 2.24) is 51.7 Å². The lowest BCUT2D eigenvalue weighted by molar-refractivity contribution is -0.172. The molecule has 4 aromatic rings. The Labute approximate surface area is 499 Å². The Morgan fingerprint density at radius 1 is 0.793 bits per heavy atom. The van der Waals surface area contributed by atoms with Gasteiger partial charge < -0.3 is 56.4 Å². The van der Waals surface area contributed by atoms with Crippen LogP contribution in [0.2, 0.25) is 0 Å². The van der Waals surface area contributed by atoms with Crippen LogP contribution in [0.4, 0.5) is 4.39 Å². The van der Waals surface area contributed by atoms with Gasteiger partial charge in [0.2, 0.25) is 41.4 Å². The number of nitrogens with zero attached hydrogens (tertiary/aromatic N) is 3. The molecular formula is C61H71FN10O15. The zero-order valence-corrected chi connectivity index (χ0v) is 49.0. The number of aromatic nitrogens is 2. The van der Waals surface area contributed by atoms with Gasteiger partial charge in [0.15, 0.2) is 5.60 Å². The van der Waals surface area contributed by atoms with Gasteiger partial charge in [-0.2, -0.15) is 0 Å². The minimum atomic E-state index is -2.06. The Morgan fingerprint density at radius 2 is 1.45 bits per heavy atom. The van der Waals surface area contributed by atoms with E-state index in [1.165, 1.54) is 22.8 Å². The fourth-order valence-electron chi connectivity index (χ4n) is 11.0. The second kappa shape index (κ2) is 27.4. The first-order chi connectivity index (χ1) is 41.3. The molecule has 3 aliphatic heterocycles. The second-order valence-corrected chi connectivity index (χ2v) is 22.8. The van der Waals surface area contributed by atoms with Crippen LogP contribution in [0.25, 0.3) is 22.3 Å². The van der Waals surface area contributed by atoms with Crippen LogP contribution in [-0.4, -0.2) is 135 Å². The van der Waals surface area contributed by atoms with Gasteiger partial charge in [0.1, 0.15) is 30.1 Å². The molecule has 5 heterocycles. The van der Waals surface area contributed by atoms with Gasteiger partial charge >= 0.3 is 11.9 Å². The van der Waals surface area contributed by atoms with Crippen molar-refractivity contribution in [3.8, 4) is 11.4 Å². The highest BCUT2D eigenvalue weighted by Crippen LogP contribution is 2.46. The van der Waals surface area contributed by atoms with E-state index < -0.39 is 126 Å². The molecule has 0 bridgehead atoms. The van der Waals surface area contributed by atoms with Crippen LogP contribution < -0.4 is 42.8 Å². The summed E-state index contributed by atoms with van der Waals surface area (Å²) in [6, 6.07) is 8.33. The molecular weight excluding hydrogens is 1130 g/mol. The van der Waals surface area contributed by atoms with Crippen molar-refractivity contribution in [1.29, 1.82) is 0 Å². The Balaban J connectivity index is 0.804. The summed E-state index contributed by atoms with van der Waals surface area (Å²) in [7, 11) is 0. The number of cyclic esters (lactones) is 1. The summed E-state index contributed by atoms with van der Waals surface area (Å²) in [4.78, 5) is 162. The van der Waals surface area contributed by atoms with E-state index in [4.69, 9.17) is 14.5 Å². The quantitative estimate of drug-likeness (QED) is 0.0220. The summed E-state index contributed by atoms with van der Waals surface area (Å²) in [5.74, 6) is -7.73. The van der Waals surface area contributed by atoms with E-state index in [0.717, 1.165) is 10.5 Å². The van der Waals surface area contributed by atoms with Crippen LogP contribution >= 0.6 is 0 Å². The molecule has 1 unspecified atom stereocenters. The zero-order chi connectivity index (χ0) is 62.9. The maximum atomic E-state index is 15.4. The van der Waals surface area contributed by atoms with Crippen molar-refractivity contribution in [2.24, 2.45) is 0 Å². The molecule has 0 spiro atoms. The molecule has 0 fully saturated rings. The third-order valence-corrected chi connectivity index (χ3v) is 15.5. The summed E-state index contributed by atoms with van der Waals surface area (Å²) in [6.07, 6.45) is 3.91. The average Bonchev–Trinajstić information content (AvgIpc) is 1.68. The van der Waals surface area contributed by atoms with Gasteiger partial charge in [0.25, 0.3) is 17.4 Å². The van der Waals surface area contributed by atoms with Crippen LogP contribution in [0, 0.1) is 12.7 Å². The van der Waals surface area contributed by atoms with Crippen molar-refractivity contribution in [3.05, 3.63) is 110 Å². The summed E-state index contributed by atoms with van der Waals surface area (Å²) in [5, 5.41) is 30.1. The number of benzene rings is 2. The molecule has 462 valence electrons. The van der Waals surface area contributed by atoms with Gasteiger partial charge in [-0.15, -0.1) is 0 Å². The largest absolute Gasteiger partial charge is 0.460 e. The van der Waals surface area contributed by atoms with Crippen LogP contribution in [0.1, 0.15) is 130 Å². The molecule has 87 heavy (non-hydrogen) atoms. The number of imide groups is 1. The van der Waals surface area contributed by atoms with Crippen molar-refractivity contribution in [3.63, 3.8) is 0 Å². The lowest BCUT2D eigenvalue weighted by atomic mass is 9.81. The van der Waals surface area contributed by atoms with Crippen LogP contribution in [0.15, 0.2) is 59.4 Å². The van der Waals surface area contributed by atoms with Gasteiger partial charge in [-0.1, -0.05) is 43.7 Å². The highest BCUT2D eigenvalue weighted by molar-refractivity contribution is 6.12. The van der Waals surface area contributed by atoms with Gasteiger partial charge in [-0.05, 0) is 94.5 Å². The molecule has 0 radical (unpaired) electrons. The highest BCUT2D eigenvalue weighted by atomic mass is 19.1. The van der Waals surface area contributed by atoms with Crippen LogP contribution in [-0.2, 0) is 93.8 Å². The third kappa shape index (κ3) is 15.3. The number of unbranched alkanes of at least 4 members (excludes halogenated alkanes) is 2.